The van der Waals surface area contributed by atoms with Gasteiger partial charge in [-0.2, -0.15) is 0 Å². The van der Waals surface area contributed by atoms with Crippen molar-refractivity contribution in [3.63, 3.8) is 0 Å². The molecule has 1 aliphatic carbocycles. The van der Waals surface area contributed by atoms with Crippen LogP contribution in [-0.4, -0.2) is 31.3 Å². The maximum atomic E-state index is 5.90. The SMILES string of the molecule is COCCN(c1cc(N)cc(Cl)n1)C1CC1. The lowest BCUT2D eigenvalue weighted by Crippen LogP contribution is -2.30. The summed E-state index contributed by atoms with van der Waals surface area (Å²) in [6.45, 7) is 1.51. The van der Waals surface area contributed by atoms with E-state index in [9.17, 15) is 0 Å². The van der Waals surface area contributed by atoms with Gasteiger partial charge in [0, 0.05) is 31.5 Å². The maximum Gasteiger partial charge on any atom is 0.133 e. The molecule has 0 bridgehead atoms. The largest absolute Gasteiger partial charge is 0.399 e. The molecule has 1 fully saturated rings. The summed E-state index contributed by atoms with van der Waals surface area (Å²) >= 11 is 5.90. The van der Waals surface area contributed by atoms with Crippen molar-refractivity contribution in [3.05, 3.63) is 17.3 Å². The molecule has 1 aromatic rings. The zero-order valence-corrected chi connectivity index (χ0v) is 10.1. The minimum absolute atomic E-state index is 0.443. The predicted molar refractivity (Wildman–Crippen MR) is 65.9 cm³/mol. The van der Waals surface area contributed by atoms with Crippen LogP contribution < -0.4 is 10.6 Å². The minimum atomic E-state index is 0.443. The molecule has 2 rings (SSSR count). The number of nitrogen functional groups attached to an aromatic ring is 1. The third-order valence-corrected chi connectivity index (χ3v) is 2.81. The molecule has 0 aliphatic heterocycles. The van der Waals surface area contributed by atoms with E-state index >= 15 is 0 Å². The fraction of sp³-hybridized carbons (Fsp3) is 0.545. The highest BCUT2D eigenvalue weighted by atomic mass is 35.5. The van der Waals surface area contributed by atoms with E-state index in [0.717, 1.165) is 12.4 Å². The van der Waals surface area contributed by atoms with Crippen LogP contribution in [0.4, 0.5) is 11.5 Å². The van der Waals surface area contributed by atoms with Crippen molar-refractivity contribution < 1.29 is 4.74 Å². The molecular weight excluding hydrogens is 226 g/mol. The molecule has 0 spiro atoms. The molecule has 88 valence electrons. The fourth-order valence-electron chi connectivity index (χ4n) is 1.71. The van der Waals surface area contributed by atoms with Crippen LogP contribution in [-0.2, 0) is 4.74 Å². The van der Waals surface area contributed by atoms with Gasteiger partial charge in [0.05, 0.1) is 6.61 Å². The van der Waals surface area contributed by atoms with E-state index in [1.165, 1.54) is 12.8 Å². The van der Waals surface area contributed by atoms with E-state index in [0.29, 0.717) is 23.5 Å². The number of aromatic nitrogens is 1. The number of nitrogens with two attached hydrogens (primary N) is 1. The molecule has 1 aliphatic rings. The van der Waals surface area contributed by atoms with Crippen molar-refractivity contribution in [2.45, 2.75) is 18.9 Å². The second-order valence-electron chi connectivity index (χ2n) is 4.00. The molecule has 0 unspecified atom stereocenters. The number of rotatable bonds is 5. The molecule has 0 saturated heterocycles. The van der Waals surface area contributed by atoms with E-state index in [1.807, 2.05) is 6.07 Å². The second-order valence-corrected chi connectivity index (χ2v) is 4.39. The number of pyridine rings is 1. The summed E-state index contributed by atoms with van der Waals surface area (Å²) in [5.41, 5.74) is 6.42. The monoisotopic (exact) mass is 241 g/mol. The average molecular weight is 242 g/mol. The number of nitrogens with zero attached hydrogens (tertiary/aromatic N) is 2. The number of ether oxygens (including phenoxy) is 1. The Morgan fingerprint density at radius 1 is 1.56 bits per heavy atom. The van der Waals surface area contributed by atoms with E-state index in [4.69, 9.17) is 22.1 Å². The third kappa shape index (κ3) is 2.77. The quantitative estimate of drug-likeness (QED) is 0.801. The standard InChI is InChI=1S/C11H16ClN3O/c1-16-5-4-15(9-2-3-9)11-7-8(13)6-10(12)14-11/h6-7,9H,2-5H2,1H3,(H2,13,14). The van der Waals surface area contributed by atoms with Gasteiger partial charge in [0.2, 0.25) is 0 Å². The van der Waals surface area contributed by atoms with Gasteiger partial charge in [0.15, 0.2) is 0 Å². The molecule has 1 heterocycles. The molecule has 0 radical (unpaired) electrons. The summed E-state index contributed by atoms with van der Waals surface area (Å²) < 4.78 is 5.10. The lowest BCUT2D eigenvalue weighted by atomic mass is 10.3. The smallest absolute Gasteiger partial charge is 0.133 e. The lowest BCUT2D eigenvalue weighted by molar-refractivity contribution is 0.204. The second kappa shape index (κ2) is 4.89. The number of methoxy groups -OCH3 is 1. The molecule has 0 aromatic carbocycles. The summed E-state index contributed by atoms with van der Waals surface area (Å²) in [7, 11) is 1.70. The highest BCUT2D eigenvalue weighted by molar-refractivity contribution is 6.29. The minimum Gasteiger partial charge on any atom is -0.399 e. The van der Waals surface area contributed by atoms with Crippen LogP contribution in [0.15, 0.2) is 12.1 Å². The topological polar surface area (TPSA) is 51.4 Å². The lowest BCUT2D eigenvalue weighted by Gasteiger charge is -2.23. The van der Waals surface area contributed by atoms with E-state index in [1.54, 1.807) is 13.2 Å². The molecule has 1 aromatic heterocycles. The number of anilines is 2. The zero-order valence-electron chi connectivity index (χ0n) is 9.32. The van der Waals surface area contributed by atoms with Crippen LogP contribution in [0.1, 0.15) is 12.8 Å². The van der Waals surface area contributed by atoms with Crippen LogP contribution in [0.25, 0.3) is 0 Å². The Hall–Kier alpha value is -1.00. The van der Waals surface area contributed by atoms with Crippen molar-refractivity contribution in [1.82, 2.24) is 4.98 Å². The summed E-state index contributed by atoms with van der Waals surface area (Å²) in [6, 6.07) is 4.09. The van der Waals surface area contributed by atoms with Gasteiger partial charge >= 0.3 is 0 Å². The Bertz CT molecular complexity index is 348. The molecule has 5 heteroatoms. The van der Waals surface area contributed by atoms with Gasteiger partial charge in [-0.15, -0.1) is 0 Å². The van der Waals surface area contributed by atoms with Crippen molar-refractivity contribution >= 4 is 23.1 Å². The molecular formula is C11H16ClN3O. The van der Waals surface area contributed by atoms with Crippen molar-refractivity contribution in [2.75, 3.05) is 30.9 Å². The Labute approximate surface area is 100 Å². The first-order chi connectivity index (χ1) is 7.70. The van der Waals surface area contributed by atoms with Gasteiger partial charge in [-0.05, 0) is 18.9 Å². The van der Waals surface area contributed by atoms with Crippen LogP contribution in [0.5, 0.6) is 0 Å². The van der Waals surface area contributed by atoms with Gasteiger partial charge in [0.25, 0.3) is 0 Å². The molecule has 0 amide bonds. The summed E-state index contributed by atoms with van der Waals surface area (Å²) in [5, 5.41) is 0.443. The summed E-state index contributed by atoms with van der Waals surface area (Å²) in [6.07, 6.45) is 2.41. The number of hydrogen-bond donors (Lipinski definition) is 1. The van der Waals surface area contributed by atoms with Gasteiger partial charge in [-0.3, -0.25) is 0 Å². The highest BCUT2D eigenvalue weighted by Crippen LogP contribution is 2.31. The van der Waals surface area contributed by atoms with Crippen LogP contribution >= 0.6 is 11.6 Å². The van der Waals surface area contributed by atoms with Gasteiger partial charge < -0.3 is 15.4 Å². The zero-order chi connectivity index (χ0) is 11.5. The van der Waals surface area contributed by atoms with Gasteiger partial charge in [-0.1, -0.05) is 11.6 Å². The third-order valence-electron chi connectivity index (χ3n) is 2.62. The van der Waals surface area contributed by atoms with Gasteiger partial charge in [-0.25, -0.2) is 4.98 Å². The molecule has 0 atom stereocenters. The first-order valence-corrected chi connectivity index (χ1v) is 5.77. The van der Waals surface area contributed by atoms with Crippen LogP contribution in [0, 0.1) is 0 Å². The molecule has 2 N–H and O–H groups in total. The van der Waals surface area contributed by atoms with Crippen molar-refractivity contribution in [3.8, 4) is 0 Å². The summed E-state index contributed by atoms with van der Waals surface area (Å²) in [5.74, 6) is 0.851. The van der Waals surface area contributed by atoms with Crippen molar-refractivity contribution in [2.24, 2.45) is 0 Å². The fourth-order valence-corrected chi connectivity index (χ4v) is 1.92. The average Bonchev–Trinajstić information content (AvgIpc) is 3.01. The van der Waals surface area contributed by atoms with E-state index in [-0.39, 0.29) is 0 Å². The Morgan fingerprint density at radius 3 is 2.88 bits per heavy atom. The first kappa shape index (κ1) is 11.5. The number of halogens is 1. The normalized spacial score (nSPS) is 15.1. The van der Waals surface area contributed by atoms with E-state index in [2.05, 4.69) is 9.88 Å². The Kier molecular flexibility index (Phi) is 3.51. The predicted octanol–water partition coefficient (Wildman–Crippen LogP) is 1.93. The molecule has 16 heavy (non-hydrogen) atoms. The highest BCUT2D eigenvalue weighted by Gasteiger charge is 2.29. The Morgan fingerprint density at radius 2 is 2.31 bits per heavy atom. The van der Waals surface area contributed by atoms with E-state index < -0.39 is 0 Å². The first-order valence-electron chi connectivity index (χ1n) is 5.39. The summed E-state index contributed by atoms with van der Waals surface area (Å²) in [4.78, 5) is 6.52. The molecule has 1 saturated carbocycles. The van der Waals surface area contributed by atoms with Crippen LogP contribution in [0.2, 0.25) is 5.15 Å². The van der Waals surface area contributed by atoms with Crippen LogP contribution in [0.3, 0.4) is 0 Å². The maximum absolute atomic E-state index is 5.90. The molecule has 4 nitrogen and oxygen atoms in total. The number of hydrogen-bond acceptors (Lipinski definition) is 4. The van der Waals surface area contributed by atoms with Gasteiger partial charge in [0.1, 0.15) is 11.0 Å². The van der Waals surface area contributed by atoms with Crippen molar-refractivity contribution in [1.29, 1.82) is 0 Å². The Balaban J connectivity index is 2.16.